The highest BCUT2D eigenvalue weighted by Gasteiger charge is 2.34. The van der Waals surface area contributed by atoms with Gasteiger partial charge in [0.05, 0.1) is 18.2 Å². The normalized spacial score (nSPS) is 20.5. The summed E-state index contributed by atoms with van der Waals surface area (Å²) in [7, 11) is 0. The number of phenols is 2. The first-order chi connectivity index (χ1) is 13.4. The molecule has 0 bridgehead atoms. The molecule has 3 rings (SSSR count). The van der Waals surface area contributed by atoms with Crippen LogP contribution in [0.15, 0.2) is 23.4 Å². The number of nitrogens with one attached hydrogen (secondary N) is 2. The van der Waals surface area contributed by atoms with Crippen LogP contribution in [0.25, 0.3) is 0 Å². The Kier molecular flexibility index (Phi) is 6.06. The molecule has 4 N–H and O–H groups in total. The summed E-state index contributed by atoms with van der Waals surface area (Å²) < 4.78 is 19.5. The lowest BCUT2D eigenvalue weighted by atomic mass is 9.90. The van der Waals surface area contributed by atoms with Crippen LogP contribution < -0.4 is 10.6 Å². The lowest BCUT2D eigenvalue weighted by Crippen LogP contribution is -2.46. The maximum Gasteiger partial charge on any atom is 0.338 e. The Balaban J connectivity index is 1.88. The predicted octanol–water partition coefficient (Wildman–Crippen LogP) is 3.38. The molecule has 1 aromatic carbocycles. The molecular weight excluding hydrogens is 367 g/mol. The second kappa shape index (κ2) is 8.50. The summed E-state index contributed by atoms with van der Waals surface area (Å²) >= 11 is 0. The Morgan fingerprint density at radius 2 is 1.96 bits per heavy atom. The number of carbonyl (C=O) groups excluding carboxylic acids is 2. The van der Waals surface area contributed by atoms with Crippen LogP contribution in [0, 0.1) is 11.7 Å². The zero-order valence-corrected chi connectivity index (χ0v) is 15.8. The fourth-order valence-electron chi connectivity index (χ4n) is 3.78. The van der Waals surface area contributed by atoms with Gasteiger partial charge in [-0.15, -0.1) is 0 Å². The maximum atomic E-state index is 13.9. The fraction of sp³-hybridized carbons (Fsp3) is 0.500. The van der Waals surface area contributed by atoms with Crippen LogP contribution in [0.4, 0.5) is 9.18 Å². The third kappa shape index (κ3) is 4.21. The predicted molar refractivity (Wildman–Crippen MR) is 99.0 cm³/mol. The molecule has 0 saturated heterocycles. The average Bonchev–Trinajstić information content (AvgIpc) is 2.69. The molecule has 8 heteroatoms. The van der Waals surface area contributed by atoms with Gasteiger partial charge in [-0.05, 0) is 42.9 Å². The summed E-state index contributed by atoms with van der Waals surface area (Å²) in [6.45, 7) is 2.08. The van der Waals surface area contributed by atoms with Crippen LogP contribution in [-0.2, 0) is 9.53 Å². The van der Waals surface area contributed by atoms with E-state index in [9.17, 15) is 24.2 Å². The molecule has 7 nitrogen and oxygen atoms in total. The molecule has 2 amide bonds. The monoisotopic (exact) mass is 392 g/mol. The van der Waals surface area contributed by atoms with Gasteiger partial charge in [-0.3, -0.25) is 0 Å². The summed E-state index contributed by atoms with van der Waals surface area (Å²) in [5, 5.41) is 24.4. The molecule has 1 fully saturated rings. The third-order valence-electron chi connectivity index (χ3n) is 5.30. The number of carbonyl (C=O) groups is 2. The van der Waals surface area contributed by atoms with Crippen LogP contribution in [0.3, 0.4) is 0 Å². The number of aromatic hydroxyl groups is 2. The van der Waals surface area contributed by atoms with Crippen molar-refractivity contribution >= 4 is 12.0 Å². The second-order valence-electron chi connectivity index (χ2n) is 7.25. The number of benzene rings is 1. The van der Waals surface area contributed by atoms with Crippen LogP contribution in [0.5, 0.6) is 11.5 Å². The van der Waals surface area contributed by atoms with Gasteiger partial charge in [0.25, 0.3) is 0 Å². The molecule has 0 aromatic heterocycles. The van der Waals surface area contributed by atoms with Crippen molar-refractivity contribution in [2.75, 3.05) is 6.61 Å². The number of amides is 2. The molecule has 1 atom stereocenters. The van der Waals surface area contributed by atoms with E-state index in [2.05, 4.69) is 10.6 Å². The van der Waals surface area contributed by atoms with Crippen molar-refractivity contribution in [3.8, 4) is 11.5 Å². The Labute approximate surface area is 162 Å². The largest absolute Gasteiger partial charge is 0.504 e. The summed E-state index contributed by atoms with van der Waals surface area (Å²) in [4.78, 5) is 24.9. The molecule has 152 valence electrons. The van der Waals surface area contributed by atoms with E-state index in [-0.39, 0.29) is 11.1 Å². The first-order valence-corrected chi connectivity index (χ1v) is 9.59. The average molecular weight is 392 g/mol. The molecule has 1 saturated carbocycles. The molecule has 0 spiro atoms. The van der Waals surface area contributed by atoms with Crippen molar-refractivity contribution in [1.82, 2.24) is 10.6 Å². The first-order valence-electron chi connectivity index (χ1n) is 9.59. The van der Waals surface area contributed by atoms with Crippen molar-refractivity contribution in [1.29, 1.82) is 0 Å². The minimum Gasteiger partial charge on any atom is -0.504 e. The number of halogens is 1. The van der Waals surface area contributed by atoms with E-state index in [1.54, 1.807) is 6.92 Å². The third-order valence-corrected chi connectivity index (χ3v) is 5.30. The first kappa shape index (κ1) is 20.0. The lowest BCUT2D eigenvalue weighted by molar-refractivity contribution is -0.141. The quantitative estimate of drug-likeness (QED) is 0.454. The number of ether oxygens (including phenoxy) is 1. The minimum atomic E-state index is -1.05. The molecule has 28 heavy (non-hydrogen) atoms. The van der Waals surface area contributed by atoms with E-state index in [0.717, 1.165) is 37.8 Å². The highest BCUT2D eigenvalue weighted by Crippen LogP contribution is 2.36. The number of rotatable bonds is 5. The molecule has 1 aliphatic heterocycles. The van der Waals surface area contributed by atoms with Gasteiger partial charge in [-0.25, -0.2) is 14.0 Å². The van der Waals surface area contributed by atoms with Crippen LogP contribution in [0.1, 0.15) is 57.1 Å². The Morgan fingerprint density at radius 3 is 2.61 bits per heavy atom. The van der Waals surface area contributed by atoms with Gasteiger partial charge in [0.2, 0.25) is 0 Å². The molecule has 1 aromatic rings. The molecule has 1 heterocycles. The van der Waals surface area contributed by atoms with Gasteiger partial charge in [-0.1, -0.05) is 26.2 Å². The number of hydrogen-bond donors (Lipinski definition) is 4. The number of hydrogen-bond acceptors (Lipinski definition) is 5. The van der Waals surface area contributed by atoms with E-state index in [1.165, 1.54) is 6.42 Å². The molecular formula is C20H25FN2O5. The summed E-state index contributed by atoms with van der Waals surface area (Å²) in [6, 6.07) is 0.561. The molecule has 2 aliphatic rings. The highest BCUT2D eigenvalue weighted by atomic mass is 19.1. The Morgan fingerprint density at radius 1 is 1.25 bits per heavy atom. The highest BCUT2D eigenvalue weighted by molar-refractivity contribution is 5.95. The SMILES string of the molecule is CCC1=C(C(=O)OCC2CCCCC2)C(c2cc(O)c(O)c(F)c2)NC(=O)N1. The molecule has 0 radical (unpaired) electrons. The number of urea groups is 1. The minimum absolute atomic E-state index is 0.137. The number of allylic oxidation sites excluding steroid dienone is 1. The van der Waals surface area contributed by atoms with E-state index >= 15 is 0 Å². The van der Waals surface area contributed by atoms with Gasteiger partial charge < -0.3 is 25.6 Å². The van der Waals surface area contributed by atoms with Crippen LogP contribution in [-0.4, -0.2) is 28.8 Å². The van der Waals surface area contributed by atoms with Gasteiger partial charge in [0.15, 0.2) is 17.3 Å². The summed E-state index contributed by atoms with van der Waals surface area (Å²) in [5.74, 6) is -2.87. The van der Waals surface area contributed by atoms with Crippen molar-refractivity contribution in [3.05, 3.63) is 34.8 Å². The maximum absolute atomic E-state index is 13.9. The van der Waals surface area contributed by atoms with E-state index in [1.807, 2.05) is 0 Å². The van der Waals surface area contributed by atoms with Crippen molar-refractivity contribution < 1.29 is 28.9 Å². The molecule has 1 aliphatic carbocycles. The Hall–Kier alpha value is -2.77. The standard InChI is InChI=1S/C20H25FN2O5/c1-2-14-16(19(26)28-10-11-6-4-3-5-7-11)17(23-20(27)22-14)12-8-13(21)18(25)15(24)9-12/h8-9,11,17,24-25H,2-7,10H2,1H3,(H2,22,23,27). The van der Waals surface area contributed by atoms with Crippen LogP contribution in [0.2, 0.25) is 0 Å². The summed E-state index contributed by atoms with van der Waals surface area (Å²) in [6.07, 6.45) is 5.84. The summed E-state index contributed by atoms with van der Waals surface area (Å²) in [5.41, 5.74) is 0.691. The smallest absolute Gasteiger partial charge is 0.338 e. The second-order valence-corrected chi connectivity index (χ2v) is 7.25. The van der Waals surface area contributed by atoms with Gasteiger partial charge in [0, 0.05) is 5.70 Å². The number of phenolic OH excluding ortho intramolecular Hbond substituents is 2. The van der Waals surface area contributed by atoms with Crippen molar-refractivity contribution in [3.63, 3.8) is 0 Å². The van der Waals surface area contributed by atoms with Gasteiger partial charge in [-0.2, -0.15) is 0 Å². The topological polar surface area (TPSA) is 108 Å². The lowest BCUT2D eigenvalue weighted by Gasteiger charge is -2.30. The van der Waals surface area contributed by atoms with E-state index in [4.69, 9.17) is 4.74 Å². The van der Waals surface area contributed by atoms with Gasteiger partial charge >= 0.3 is 12.0 Å². The van der Waals surface area contributed by atoms with E-state index < -0.39 is 35.4 Å². The Bertz CT molecular complexity index is 779. The van der Waals surface area contributed by atoms with Crippen molar-refractivity contribution in [2.45, 2.75) is 51.5 Å². The zero-order valence-electron chi connectivity index (χ0n) is 15.8. The van der Waals surface area contributed by atoms with Crippen LogP contribution >= 0.6 is 0 Å². The van der Waals surface area contributed by atoms with E-state index in [0.29, 0.717) is 24.6 Å². The zero-order chi connectivity index (χ0) is 20.3. The van der Waals surface area contributed by atoms with Crippen molar-refractivity contribution in [2.24, 2.45) is 5.92 Å². The molecule has 1 unspecified atom stereocenters. The number of esters is 1. The fourth-order valence-corrected chi connectivity index (χ4v) is 3.78. The van der Waals surface area contributed by atoms with Gasteiger partial charge in [0.1, 0.15) is 0 Å².